The van der Waals surface area contributed by atoms with Crippen LogP contribution < -0.4 is 4.72 Å². The first-order valence-electron chi connectivity index (χ1n) is 12.1. The zero-order chi connectivity index (χ0) is 25.3. The van der Waals surface area contributed by atoms with Gasteiger partial charge < -0.3 is 9.80 Å². The van der Waals surface area contributed by atoms with Gasteiger partial charge in [0.05, 0.1) is 10.5 Å². The van der Waals surface area contributed by atoms with Crippen LogP contribution in [0.4, 0.5) is 18.0 Å². The molecule has 194 valence electrons. The Morgan fingerprint density at radius 2 is 1.75 bits per heavy atom. The van der Waals surface area contributed by atoms with Gasteiger partial charge in [-0.25, -0.2) is 22.9 Å². The van der Waals surface area contributed by atoms with Gasteiger partial charge in [-0.1, -0.05) is 0 Å². The summed E-state index contributed by atoms with van der Waals surface area (Å²) < 4.78 is 65.3. The highest BCUT2D eigenvalue weighted by Gasteiger charge is 2.56. The number of nitrogens with one attached hydrogen (secondary N) is 2. The van der Waals surface area contributed by atoms with E-state index < -0.39 is 21.8 Å². The van der Waals surface area contributed by atoms with Crippen LogP contribution in [0.15, 0.2) is 29.2 Å². The van der Waals surface area contributed by atoms with Gasteiger partial charge >= 0.3 is 12.2 Å². The first-order chi connectivity index (χ1) is 17.0. The fraction of sp³-hybridized carbons (Fsp3) is 0.609. The van der Waals surface area contributed by atoms with Crippen molar-refractivity contribution < 1.29 is 26.4 Å². The number of alkyl halides is 3. The summed E-state index contributed by atoms with van der Waals surface area (Å²) in [5, 5.41) is 7.45. The van der Waals surface area contributed by atoms with Gasteiger partial charge in [-0.3, -0.25) is 5.10 Å². The molecule has 2 aliphatic heterocycles. The lowest BCUT2D eigenvalue weighted by Gasteiger charge is -2.59. The SMILES string of the molecule is O=C(N1CC(CNS(=O)(=O)c2ccc(C(F)(F)F)cc2)C1)N1CC2(CC(c3n[nH]c(C4CC4)n3)C2)C1. The Labute approximate surface area is 206 Å². The molecule has 1 aromatic carbocycles. The minimum absolute atomic E-state index is 0.0279. The van der Waals surface area contributed by atoms with Crippen LogP contribution in [0, 0.1) is 11.3 Å². The second kappa shape index (κ2) is 8.17. The van der Waals surface area contributed by atoms with Gasteiger partial charge in [0, 0.05) is 55.9 Å². The fourth-order valence-corrected chi connectivity index (χ4v) is 6.64. The van der Waals surface area contributed by atoms with Gasteiger partial charge in [0.25, 0.3) is 0 Å². The molecular formula is C23H27F3N6O3S. The standard InChI is InChI=1S/C23H27F3N6O3S/c24-23(25,26)17-3-5-18(6-4-17)36(34,35)27-9-14-10-31(11-14)21(33)32-12-22(13-32)7-16(8-22)20-28-19(29-30-20)15-1-2-15/h3-6,14-16,27H,1-2,7-13H2,(H,28,29,30). The zero-order valence-electron chi connectivity index (χ0n) is 19.5. The molecule has 1 spiro atoms. The number of carbonyl (C=O) groups is 1. The van der Waals surface area contributed by atoms with Gasteiger partial charge in [-0.2, -0.15) is 18.3 Å². The Morgan fingerprint density at radius 1 is 1.08 bits per heavy atom. The fourth-order valence-electron chi connectivity index (χ4n) is 5.52. The number of aromatic amines is 1. The van der Waals surface area contributed by atoms with Crippen LogP contribution in [0.3, 0.4) is 0 Å². The van der Waals surface area contributed by atoms with Crippen LogP contribution in [0.5, 0.6) is 0 Å². The molecule has 13 heteroatoms. The molecule has 2 saturated heterocycles. The van der Waals surface area contributed by atoms with Crippen LogP contribution >= 0.6 is 0 Å². The van der Waals surface area contributed by atoms with E-state index in [1.165, 1.54) is 12.8 Å². The normalized spacial score (nSPS) is 22.3. The summed E-state index contributed by atoms with van der Waals surface area (Å²) in [6.07, 6.45) is -0.171. The third kappa shape index (κ3) is 4.36. The van der Waals surface area contributed by atoms with Crippen molar-refractivity contribution in [1.29, 1.82) is 0 Å². The smallest absolute Gasteiger partial charge is 0.324 e. The molecule has 1 aromatic heterocycles. The molecule has 0 atom stereocenters. The number of nitrogens with zero attached hydrogens (tertiary/aromatic N) is 4. The van der Waals surface area contributed by atoms with Crippen LogP contribution in [0.2, 0.25) is 0 Å². The predicted octanol–water partition coefficient (Wildman–Crippen LogP) is 2.91. The van der Waals surface area contributed by atoms with E-state index in [2.05, 4.69) is 19.9 Å². The molecule has 36 heavy (non-hydrogen) atoms. The first kappa shape index (κ1) is 23.7. The van der Waals surface area contributed by atoms with Crippen molar-refractivity contribution >= 4 is 16.1 Å². The van der Waals surface area contributed by atoms with E-state index in [4.69, 9.17) is 0 Å². The molecule has 2 amide bonds. The van der Waals surface area contributed by atoms with Gasteiger partial charge in [0.2, 0.25) is 10.0 Å². The maximum absolute atomic E-state index is 12.7. The number of sulfonamides is 1. The highest BCUT2D eigenvalue weighted by molar-refractivity contribution is 7.89. The summed E-state index contributed by atoms with van der Waals surface area (Å²) in [6, 6.07) is 3.36. The number of carbonyl (C=O) groups excluding carboxylic acids is 1. The third-order valence-electron chi connectivity index (χ3n) is 7.81. The number of urea groups is 1. The van der Waals surface area contributed by atoms with Crippen LogP contribution in [-0.2, 0) is 16.2 Å². The van der Waals surface area contributed by atoms with Crippen molar-refractivity contribution in [2.24, 2.45) is 11.3 Å². The van der Waals surface area contributed by atoms with E-state index in [9.17, 15) is 26.4 Å². The number of benzene rings is 1. The van der Waals surface area contributed by atoms with Crippen LogP contribution in [0.1, 0.15) is 54.7 Å². The summed E-state index contributed by atoms with van der Waals surface area (Å²) in [6.45, 7) is 2.47. The van der Waals surface area contributed by atoms with E-state index in [0.29, 0.717) is 24.9 Å². The Morgan fingerprint density at radius 3 is 2.36 bits per heavy atom. The molecule has 2 aliphatic carbocycles. The van der Waals surface area contributed by atoms with E-state index in [1.807, 2.05) is 4.90 Å². The molecule has 3 heterocycles. The minimum atomic E-state index is -4.52. The molecule has 9 nitrogen and oxygen atoms in total. The lowest BCUT2D eigenvalue weighted by Crippen LogP contribution is -2.67. The van der Waals surface area contributed by atoms with Gasteiger partial charge in [-0.05, 0) is 49.9 Å². The van der Waals surface area contributed by atoms with Gasteiger partial charge in [0.15, 0.2) is 5.82 Å². The summed E-state index contributed by atoms with van der Waals surface area (Å²) >= 11 is 0. The van der Waals surface area contributed by atoms with Crippen LogP contribution in [0.25, 0.3) is 0 Å². The number of halogens is 3. The molecule has 6 rings (SSSR count). The number of rotatable bonds is 6. The first-order valence-corrected chi connectivity index (χ1v) is 13.6. The summed E-state index contributed by atoms with van der Waals surface area (Å²) in [5.74, 6) is 2.78. The highest BCUT2D eigenvalue weighted by Crippen LogP contribution is 2.56. The zero-order valence-corrected chi connectivity index (χ0v) is 20.3. The molecule has 2 saturated carbocycles. The van der Waals surface area contributed by atoms with E-state index in [0.717, 1.165) is 61.8 Å². The molecule has 0 radical (unpaired) electrons. The Bertz CT molecular complexity index is 1250. The maximum Gasteiger partial charge on any atom is 0.416 e. The van der Waals surface area contributed by atoms with E-state index in [-0.39, 0.29) is 28.8 Å². The molecule has 4 aliphatic rings. The number of H-pyrrole nitrogens is 1. The van der Waals surface area contributed by atoms with Crippen molar-refractivity contribution in [3.8, 4) is 0 Å². The van der Waals surface area contributed by atoms with Crippen molar-refractivity contribution in [3.63, 3.8) is 0 Å². The summed E-state index contributed by atoms with van der Waals surface area (Å²) in [5.41, 5.74) is -0.734. The van der Waals surface area contributed by atoms with Gasteiger partial charge in [0.1, 0.15) is 5.82 Å². The van der Waals surface area contributed by atoms with Gasteiger partial charge in [-0.15, -0.1) is 0 Å². The molecule has 4 fully saturated rings. The minimum Gasteiger partial charge on any atom is -0.324 e. The third-order valence-corrected chi connectivity index (χ3v) is 9.25. The maximum atomic E-state index is 12.7. The topological polar surface area (TPSA) is 111 Å². The molecule has 0 unspecified atom stereocenters. The second-order valence-electron chi connectivity index (χ2n) is 10.7. The Kier molecular flexibility index (Phi) is 5.38. The lowest BCUT2D eigenvalue weighted by atomic mass is 9.57. The molecule has 2 N–H and O–H groups in total. The van der Waals surface area contributed by atoms with E-state index >= 15 is 0 Å². The second-order valence-corrected chi connectivity index (χ2v) is 12.5. The average molecular weight is 525 g/mol. The average Bonchev–Trinajstić information content (AvgIpc) is 3.48. The monoisotopic (exact) mass is 524 g/mol. The van der Waals surface area contributed by atoms with Crippen molar-refractivity contribution in [2.75, 3.05) is 32.7 Å². The van der Waals surface area contributed by atoms with Crippen molar-refractivity contribution in [1.82, 2.24) is 29.7 Å². The molecular weight excluding hydrogens is 497 g/mol. The van der Waals surface area contributed by atoms with Crippen molar-refractivity contribution in [3.05, 3.63) is 41.5 Å². The predicted molar refractivity (Wildman–Crippen MR) is 121 cm³/mol. The quantitative estimate of drug-likeness (QED) is 0.604. The van der Waals surface area contributed by atoms with Crippen molar-refractivity contribution in [2.45, 2.75) is 48.6 Å². The molecule has 2 aromatic rings. The van der Waals surface area contributed by atoms with E-state index in [1.54, 1.807) is 4.90 Å². The Hall–Kier alpha value is -2.67. The van der Waals surface area contributed by atoms with Crippen LogP contribution in [-0.4, -0.2) is 72.2 Å². The largest absolute Gasteiger partial charge is 0.416 e. The summed E-state index contributed by atoms with van der Waals surface area (Å²) in [7, 11) is -3.92. The number of likely N-dealkylation sites (tertiary alicyclic amines) is 2. The number of amides is 2. The Balaban J connectivity index is 0.923. The highest BCUT2D eigenvalue weighted by atomic mass is 32.2. The molecule has 0 bridgehead atoms. The number of aromatic nitrogens is 3. The summed E-state index contributed by atoms with van der Waals surface area (Å²) in [4.78, 5) is 20.7. The lowest BCUT2D eigenvalue weighted by molar-refractivity contribution is -0.137. The number of hydrogen-bond donors (Lipinski definition) is 2. The number of hydrogen-bond acceptors (Lipinski definition) is 5.